The molecule has 0 aromatic heterocycles. The fourth-order valence-corrected chi connectivity index (χ4v) is 1.86. The van der Waals surface area contributed by atoms with E-state index >= 15 is 0 Å². The first kappa shape index (κ1) is 12.9. The molecule has 0 spiro atoms. The molecule has 0 aliphatic carbocycles. The molecule has 0 saturated heterocycles. The molecule has 2 rings (SSSR count). The summed E-state index contributed by atoms with van der Waals surface area (Å²) in [5.74, 6) is 0.959. The molecule has 2 N–H and O–H groups in total. The minimum Gasteiger partial charge on any atom is -0.493 e. The Morgan fingerprint density at radius 1 is 1.06 bits per heavy atom. The second-order valence-electron chi connectivity index (χ2n) is 5.44. The van der Waals surface area contributed by atoms with Gasteiger partial charge in [0.25, 0.3) is 0 Å². The van der Waals surface area contributed by atoms with E-state index in [1.807, 2.05) is 24.3 Å². The Kier molecular flexibility index (Phi) is 3.87. The molecule has 0 saturated carbocycles. The van der Waals surface area contributed by atoms with Crippen LogP contribution in [0.4, 0.5) is 0 Å². The summed E-state index contributed by atoms with van der Waals surface area (Å²) in [7, 11) is 0. The van der Waals surface area contributed by atoms with E-state index in [9.17, 15) is 0 Å². The first-order valence-corrected chi connectivity index (χ1v) is 6.43. The molecule has 96 valence electrons. The summed E-state index contributed by atoms with van der Waals surface area (Å²) < 4.78 is 5.90. The number of benzene rings is 2. The summed E-state index contributed by atoms with van der Waals surface area (Å²) in [6, 6.07) is 14.4. The zero-order valence-electron chi connectivity index (χ0n) is 11.1. The van der Waals surface area contributed by atoms with Gasteiger partial charge in [0.1, 0.15) is 5.75 Å². The van der Waals surface area contributed by atoms with Crippen LogP contribution in [-0.4, -0.2) is 13.2 Å². The van der Waals surface area contributed by atoms with Crippen LogP contribution in [0, 0.1) is 5.41 Å². The monoisotopic (exact) mass is 243 g/mol. The Morgan fingerprint density at radius 2 is 1.78 bits per heavy atom. The van der Waals surface area contributed by atoms with E-state index in [0.29, 0.717) is 13.2 Å². The lowest BCUT2D eigenvalue weighted by molar-refractivity contribution is 0.235. The molecule has 0 aliphatic rings. The SMILES string of the molecule is CC(C)(CN)CCOc1cccc2ccccc12. The highest BCUT2D eigenvalue weighted by atomic mass is 16.5. The topological polar surface area (TPSA) is 35.2 Å². The molecule has 18 heavy (non-hydrogen) atoms. The normalized spacial score (nSPS) is 11.7. The van der Waals surface area contributed by atoms with Crippen molar-refractivity contribution in [2.45, 2.75) is 20.3 Å². The van der Waals surface area contributed by atoms with Crippen molar-refractivity contribution < 1.29 is 4.74 Å². The highest BCUT2D eigenvalue weighted by molar-refractivity contribution is 5.88. The molecule has 2 aromatic rings. The number of fused-ring (bicyclic) bond motifs is 1. The van der Waals surface area contributed by atoms with Gasteiger partial charge in [-0.3, -0.25) is 0 Å². The van der Waals surface area contributed by atoms with Crippen LogP contribution in [0.3, 0.4) is 0 Å². The molecule has 0 heterocycles. The third-order valence-corrected chi connectivity index (χ3v) is 3.34. The quantitative estimate of drug-likeness (QED) is 0.871. The van der Waals surface area contributed by atoms with Gasteiger partial charge in [0, 0.05) is 5.39 Å². The first-order valence-electron chi connectivity index (χ1n) is 6.43. The van der Waals surface area contributed by atoms with Gasteiger partial charge in [-0.05, 0) is 29.8 Å². The molecular weight excluding hydrogens is 222 g/mol. The first-order chi connectivity index (χ1) is 8.62. The van der Waals surface area contributed by atoms with Gasteiger partial charge in [-0.1, -0.05) is 50.2 Å². The van der Waals surface area contributed by atoms with Crippen molar-refractivity contribution in [2.75, 3.05) is 13.2 Å². The van der Waals surface area contributed by atoms with Crippen molar-refractivity contribution in [1.29, 1.82) is 0 Å². The van der Waals surface area contributed by atoms with Gasteiger partial charge in [-0.15, -0.1) is 0 Å². The van der Waals surface area contributed by atoms with Crippen LogP contribution in [0.5, 0.6) is 5.75 Å². The van der Waals surface area contributed by atoms with E-state index in [1.165, 1.54) is 10.8 Å². The third-order valence-electron chi connectivity index (χ3n) is 3.34. The number of rotatable bonds is 5. The number of ether oxygens (including phenoxy) is 1. The van der Waals surface area contributed by atoms with Crippen LogP contribution >= 0.6 is 0 Å². The van der Waals surface area contributed by atoms with E-state index < -0.39 is 0 Å². The summed E-state index contributed by atoms with van der Waals surface area (Å²) in [6.07, 6.45) is 0.965. The summed E-state index contributed by atoms with van der Waals surface area (Å²) >= 11 is 0. The molecule has 0 atom stereocenters. The summed E-state index contributed by atoms with van der Waals surface area (Å²) in [5, 5.41) is 2.39. The van der Waals surface area contributed by atoms with E-state index in [-0.39, 0.29) is 5.41 Å². The molecule has 0 amide bonds. The summed E-state index contributed by atoms with van der Waals surface area (Å²) in [5.41, 5.74) is 5.86. The predicted octanol–water partition coefficient (Wildman–Crippen LogP) is 3.59. The van der Waals surface area contributed by atoms with Crippen molar-refractivity contribution in [1.82, 2.24) is 0 Å². The van der Waals surface area contributed by atoms with E-state index in [2.05, 4.69) is 32.0 Å². The van der Waals surface area contributed by atoms with E-state index in [1.54, 1.807) is 0 Å². The molecular formula is C16H21NO. The van der Waals surface area contributed by atoms with Gasteiger partial charge in [0.15, 0.2) is 0 Å². The van der Waals surface area contributed by atoms with Crippen LogP contribution < -0.4 is 10.5 Å². The molecule has 0 radical (unpaired) electrons. The molecule has 0 unspecified atom stereocenters. The predicted molar refractivity (Wildman–Crippen MR) is 76.9 cm³/mol. The van der Waals surface area contributed by atoms with Crippen LogP contribution in [0.1, 0.15) is 20.3 Å². The maximum atomic E-state index is 5.90. The minimum atomic E-state index is 0.143. The lowest BCUT2D eigenvalue weighted by Gasteiger charge is -2.22. The highest BCUT2D eigenvalue weighted by Crippen LogP contribution is 2.26. The second kappa shape index (κ2) is 5.40. The van der Waals surface area contributed by atoms with Crippen LogP contribution in [0.15, 0.2) is 42.5 Å². The molecule has 0 fully saturated rings. The van der Waals surface area contributed by atoms with Crippen LogP contribution in [0.25, 0.3) is 10.8 Å². The lowest BCUT2D eigenvalue weighted by Crippen LogP contribution is -2.25. The van der Waals surface area contributed by atoms with Crippen molar-refractivity contribution in [3.8, 4) is 5.75 Å². The largest absolute Gasteiger partial charge is 0.493 e. The fraction of sp³-hybridized carbons (Fsp3) is 0.375. The van der Waals surface area contributed by atoms with Gasteiger partial charge >= 0.3 is 0 Å². The Labute approximate surface area is 109 Å². The average Bonchev–Trinajstić information content (AvgIpc) is 2.39. The zero-order chi connectivity index (χ0) is 13.0. The molecule has 0 aliphatic heterocycles. The number of hydrogen-bond donors (Lipinski definition) is 1. The average molecular weight is 243 g/mol. The molecule has 0 bridgehead atoms. The van der Waals surface area contributed by atoms with Gasteiger partial charge in [-0.2, -0.15) is 0 Å². The minimum absolute atomic E-state index is 0.143. The van der Waals surface area contributed by atoms with Crippen LogP contribution in [0.2, 0.25) is 0 Å². The molecule has 2 heteroatoms. The Hall–Kier alpha value is -1.54. The second-order valence-corrected chi connectivity index (χ2v) is 5.44. The Morgan fingerprint density at radius 3 is 2.56 bits per heavy atom. The van der Waals surface area contributed by atoms with Gasteiger partial charge in [-0.25, -0.2) is 0 Å². The van der Waals surface area contributed by atoms with Crippen molar-refractivity contribution in [3.05, 3.63) is 42.5 Å². The third kappa shape index (κ3) is 3.02. The Bertz CT molecular complexity index is 514. The van der Waals surface area contributed by atoms with Gasteiger partial charge in [0.2, 0.25) is 0 Å². The maximum absolute atomic E-state index is 5.90. The van der Waals surface area contributed by atoms with Gasteiger partial charge in [0.05, 0.1) is 6.61 Å². The molecule has 2 nitrogen and oxygen atoms in total. The lowest BCUT2D eigenvalue weighted by atomic mass is 9.90. The highest BCUT2D eigenvalue weighted by Gasteiger charge is 2.15. The van der Waals surface area contributed by atoms with Crippen LogP contribution in [-0.2, 0) is 0 Å². The van der Waals surface area contributed by atoms with E-state index in [0.717, 1.165) is 12.2 Å². The zero-order valence-corrected chi connectivity index (χ0v) is 11.1. The van der Waals surface area contributed by atoms with Crippen molar-refractivity contribution in [2.24, 2.45) is 11.1 Å². The fourth-order valence-electron chi connectivity index (χ4n) is 1.86. The van der Waals surface area contributed by atoms with Crippen molar-refractivity contribution >= 4 is 10.8 Å². The number of hydrogen-bond acceptors (Lipinski definition) is 2. The summed E-state index contributed by atoms with van der Waals surface area (Å²) in [6.45, 7) is 5.73. The summed E-state index contributed by atoms with van der Waals surface area (Å²) in [4.78, 5) is 0. The van der Waals surface area contributed by atoms with E-state index in [4.69, 9.17) is 10.5 Å². The Balaban J connectivity index is 2.08. The van der Waals surface area contributed by atoms with Gasteiger partial charge < -0.3 is 10.5 Å². The number of nitrogens with two attached hydrogens (primary N) is 1. The molecule has 2 aromatic carbocycles. The standard InChI is InChI=1S/C16H21NO/c1-16(2,12-17)10-11-18-15-9-5-7-13-6-3-4-8-14(13)15/h3-9H,10-12,17H2,1-2H3. The maximum Gasteiger partial charge on any atom is 0.127 e. The smallest absolute Gasteiger partial charge is 0.127 e. The van der Waals surface area contributed by atoms with Crippen molar-refractivity contribution in [3.63, 3.8) is 0 Å².